The van der Waals surface area contributed by atoms with E-state index < -0.39 is 29.1 Å². The highest BCUT2D eigenvalue weighted by Crippen LogP contribution is 2.35. The summed E-state index contributed by atoms with van der Waals surface area (Å²) in [7, 11) is 2.67. The number of esters is 1. The molecule has 0 saturated carbocycles. The Balaban J connectivity index is 1.76. The largest absolute Gasteiger partial charge is 0.493 e. The number of hydrogen-bond acceptors (Lipinski definition) is 7. The molecule has 1 amide bonds. The Bertz CT molecular complexity index is 942. The number of ether oxygens (including phenoxy) is 3. The number of anilines is 1. The van der Waals surface area contributed by atoms with Crippen molar-refractivity contribution in [2.75, 3.05) is 32.3 Å². The SMILES string of the molecule is COc1cc(C(=O)OCC(=O)N2CCc3ccccc32)c([N+](=O)[O-])cc1OC. The van der Waals surface area contributed by atoms with Gasteiger partial charge in [0.05, 0.1) is 25.2 Å². The van der Waals surface area contributed by atoms with Gasteiger partial charge in [-0.15, -0.1) is 0 Å². The van der Waals surface area contributed by atoms with Gasteiger partial charge in [-0.3, -0.25) is 14.9 Å². The molecule has 28 heavy (non-hydrogen) atoms. The summed E-state index contributed by atoms with van der Waals surface area (Å²) in [6.45, 7) is -0.0368. The van der Waals surface area contributed by atoms with Crippen LogP contribution in [0.25, 0.3) is 0 Å². The van der Waals surface area contributed by atoms with E-state index in [9.17, 15) is 19.7 Å². The number of nitro benzene ring substituents is 1. The van der Waals surface area contributed by atoms with Crippen LogP contribution in [-0.2, 0) is 16.0 Å². The normalized spacial score (nSPS) is 12.3. The first kappa shape index (κ1) is 19.2. The Hall–Kier alpha value is -3.62. The second-order valence-electron chi connectivity index (χ2n) is 5.98. The Morgan fingerprint density at radius 1 is 1.14 bits per heavy atom. The summed E-state index contributed by atoms with van der Waals surface area (Å²) in [4.78, 5) is 37.0. The fourth-order valence-electron chi connectivity index (χ4n) is 3.06. The van der Waals surface area contributed by atoms with Crippen LogP contribution in [0.15, 0.2) is 36.4 Å². The molecule has 0 aliphatic carbocycles. The number of carbonyl (C=O) groups is 2. The Labute approximate surface area is 160 Å². The third kappa shape index (κ3) is 3.59. The highest BCUT2D eigenvalue weighted by molar-refractivity contribution is 6.00. The molecule has 0 bridgehead atoms. The summed E-state index contributed by atoms with van der Waals surface area (Å²) in [5, 5.41) is 11.3. The molecule has 3 rings (SSSR count). The van der Waals surface area contributed by atoms with Crippen LogP contribution in [0.5, 0.6) is 11.5 Å². The van der Waals surface area contributed by atoms with Gasteiger partial charge >= 0.3 is 5.97 Å². The number of hydrogen-bond donors (Lipinski definition) is 0. The lowest BCUT2D eigenvalue weighted by atomic mass is 10.1. The number of amides is 1. The number of nitro groups is 1. The molecule has 0 atom stereocenters. The molecule has 0 N–H and O–H groups in total. The number of benzene rings is 2. The Morgan fingerprint density at radius 2 is 1.82 bits per heavy atom. The van der Waals surface area contributed by atoms with E-state index in [0.29, 0.717) is 6.54 Å². The first-order chi connectivity index (χ1) is 13.5. The minimum absolute atomic E-state index is 0.107. The molecule has 1 aliphatic heterocycles. The highest BCUT2D eigenvalue weighted by Gasteiger charge is 2.28. The topological polar surface area (TPSA) is 108 Å². The van der Waals surface area contributed by atoms with Crippen molar-refractivity contribution in [2.24, 2.45) is 0 Å². The minimum atomic E-state index is -0.992. The molecule has 9 nitrogen and oxygen atoms in total. The van der Waals surface area contributed by atoms with Crippen LogP contribution in [0.4, 0.5) is 11.4 Å². The molecule has 1 aliphatic rings. The van der Waals surface area contributed by atoms with Crippen LogP contribution < -0.4 is 14.4 Å². The number of rotatable bonds is 6. The van der Waals surface area contributed by atoms with E-state index in [0.717, 1.165) is 29.8 Å². The van der Waals surface area contributed by atoms with E-state index in [1.54, 1.807) is 0 Å². The fourth-order valence-corrected chi connectivity index (χ4v) is 3.06. The summed E-state index contributed by atoms with van der Waals surface area (Å²) in [5.41, 5.74) is 0.997. The molecule has 0 saturated heterocycles. The van der Waals surface area contributed by atoms with Gasteiger partial charge in [-0.1, -0.05) is 18.2 Å². The van der Waals surface area contributed by atoms with Crippen molar-refractivity contribution in [3.8, 4) is 11.5 Å². The van der Waals surface area contributed by atoms with Gasteiger partial charge in [-0.25, -0.2) is 4.79 Å². The van der Waals surface area contributed by atoms with Crippen LogP contribution in [0.3, 0.4) is 0 Å². The summed E-state index contributed by atoms with van der Waals surface area (Å²) < 4.78 is 15.1. The van der Waals surface area contributed by atoms with Gasteiger partial charge < -0.3 is 19.1 Å². The van der Waals surface area contributed by atoms with Gasteiger partial charge in [0.15, 0.2) is 18.1 Å². The predicted molar refractivity (Wildman–Crippen MR) is 99.0 cm³/mol. The van der Waals surface area contributed by atoms with Crippen LogP contribution in [0, 0.1) is 10.1 Å². The number of para-hydroxylation sites is 1. The van der Waals surface area contributed by atoms with Crippen LogP contribution in [0.1, 0.15) is 15.9 Å². The molecule has 9 heteroatoms. The summed E-state index contributed by atoms with van der Waals surface area (Å²) in [5.74, 6) is -1.15. The van der Waals surface area contributed by atoms with E-state index in [1.165, 1.54) is 19.1 Å². The number of methoxy groups -OCH3 is 2. The number of fused-ring (bicyclic) bond motifs is 1. The first-order valence-corrected chi connectivity index (χ1v) is 8.42. The molecule has 0 fully saturated rings. The maximum atomic E-state index is 12.5. The zero-order valence-corrected chi connectivity index (χ0v) is 15.3. The maximum Gasteiger partial charge on any atom is 0.345 e. The van der Waals surface area contributed by atoms with Crippen LogP contribution in [-0.4, -0.2) is 44.2 Å². The smallest absolute Gasteiger partial charge is 0.345 e. The molecule has 0 radical (unpaired) electrons. The zero-order valence-electron chi connectivity index (χ0n) is 15.3. The average molecular weight is 386 g/mol. The van der Waals surface area contributed by atoms with E-state index in [-0.39, 0.29) is 17.1 Å². The van der Waals surface area contributed by atoms with Crippen molar-refractivity contribution in [3.63, 3.8) is 0 Å². The third-order valence-electron chi connectivity index (χ3n) is 4.43. The summed E-state index contributed by atoms with van der Waals surface area (Å²) in [6, 6.07) is 9.71. The minimum Gasteiger partial charge on any atom is -0.493 e. The first-order valence-electron chi connectivity index (χ1n) is 8.42. The van der Waals surface area contributed by atoms with Crippen molar-refractivity contribution in [2.45, 2.75) is 6.42 Å². The fraction of sp³-hybridized carbons (Fsp3) is 0.263. The average Bonchev–Trinajstić information content (AvgIpc) is 3.14. The van der Waals surface area contributed by atoms with E-state index in [2.05, 4.69) is 0 Å². The quantitative estimate of drug-likeness (QED) is 0.426. The van der Waals surface area contributed by atoms with Gasteiger partial charge in [-0.2, -0.15) is 0 Å². The molecule has 0 unspecified atom stereocenters. The lowest BCUT2D eigenvalue weighted by Crippen LogP contribution is -2.33. The van der Waals surface area contributed by atoms with Crippen molar-refractivity contribution < 1.29 is 28.7 Å². The lowest BCUT2D eigenvalue weighted by Gasteiger charge is -2.17. The number of carbonyl (C=O) groups excluding carboxylic acids is 2. The second-order valence-corrected chi connectivity index (χ2v) is 5.98. The Morgan fingerprint density at radius 3 is 2.50 bits per heavy atom. The van der Waals surface area contributed by atoms with Gasteiger partial charge in [0.1, 0.15) is 5.56 Å². The molecule has 2 aromatic carbocycles. The van der Waals surface area contributed by atoms with Gasteiger partial charge in [0, 0.05) is 18.3 Å². The molecular weight excluding hydrogens is 368 g/mol. The summed E-state index contributed by atoms with van der Waals surface area (Å²) in [6.07, 6.45) is 0.719. The second kappa shape index (κ2) is 7.95. The molecule has 0 aromatic heterocycles. The number of nitrogens with zero attached hydrogens (tertiary/aromatic N) is 2. The standard InChI is InChI=1S/C19H18N2O7/c1-26-16-9-13(15(21(24)25)10-17(16)27-2)19(23)28-11-18(22)20-8-7-12-5-3-4-6-14(12)20/h3-6,9-10H,7-8,11H2,1-2H3. The van der Waals surface area contributed by atoms with Crippen molar-refractivity contribution in [3.05, 3.63) is 57.6 Å². The Kier molecular flexibility index (Phi) is 5.44. The van der Waals surface area contributed by atoms with Gasteiger partial charge in [0.2, 0.25) is 0 Å². The summed E-state index contributed by atoms with van der Waals surface area (Å²) >= 11 is 0. The van der Waals surface area contributed by atoms with E-state index >= 15 is 0 Å². The highest BCUT2D eigenvalue weighted by atomic mass is 16.6. The van der Waals surface area contributed by atoms with E-state index in [4.69, 9.17) is 14.2 Å². The van der Waals surface area contributed by atoms with Gasteiger partial charge in [0.25, 0.3) is 11.6 Å². The third-order valence-corrected chi connectivity index (χ3v) is 4.43. The molecular formula is C19H18N2O7. The van der Waals surface area contributed by atoms with Crippen LogP contribution >= 0.6 is 0 Å². The zero-order chi connectivity index (χ0) is 20.3. The maximum absolute atomic E-state index is 12.5. The predicted octanol–water partition coefficient (Wildman–Crippen LogP) is 2.36. The molecule has 2 aromatic rings. The van der Waals surface area contributed by atoms with Crippen molar-refractivity contribution >= 4 is 23.3 Å². The molecule has 0 spiro atoms. The molecule has 146 valence electrons. The monoisotopic (exact) mass is 386 g/mol. The van der Waals surface area contributed by atoms with Gasteiger partial charge in [-0.05, 0) is 18.1 Å². The van der Waals surface area contributed by atoms with Crippen molar-refractivity contribution in [1.29, 1.82) is 0 Å². The molecule has 1 heterocycles. The van der Waals surface area contributed by atoms with Crippen LogP contribution in [0.2, 0.25) is 0 Å². The lowest BCUT2D eigenvalue weighted by molar-refractivity contribution is -0.385. The van der Waals surface area contributed by atoms with E-state index in [1.807, 2.05) is 24.3 Å². The van der Waals surface area contributed by atoms with Crippen molar-refractivity contribution in [1.82, 2.24) is 0 Å².